The summed E-state index contributed by atoms with van der Waals surface area (Å²) < 4.78 is 4.80. The van der Waals surface area contributed by atoms with Gasteiger partial charge in [-0.05, 0) is 31.0 Å². The number of carbonyl (C=O) groups is 1. The molecule has 0 radical (unpaired) electrons. The first-order valence-electron chi connectivity index (χ1n) is 8.55. The number of hydrogen-bond acceptors (Lipinski definition) is 7. The molecule has 0 saturated carbocycles. The molecule has 0 spiro atoms. The summed E-state index contributed by atoms with van der Waals surface area (Å²) in [7, 11) is 1.36. The van der Waals surface area contributed by atoms with Crippen LogP contribution in [0.25, 0.3) is 22.3 Å². The second-order valence-electron chi connectivity index (χ2n) is 6.41. The molecule has 26 heavy (non-hydrogen) atoms. The van der Waals surface area contributed by atoms with Gasteiger partial charge in [-0.1, -0.05) is 0 Å². The fourth-order valence-electron chi connectivity index (χ4n) is 3.20. The second-order valence-corrected chi connectivity index (χ2v) is 6.41. The molecule has 0 amide bonds. The average molecular weight is 352 g/mol. The Kier molecular flexibility index (Phi) is 4.26. The number of rotatable bonds is 3. The van der Waals surface area contributed by atoms with Crippen molar-refractivity contribution in [1.29, 1.82) is 0 Å². The zero-order chi connectivity index (χ0) is 18.1. The Morgan fingerprint density at radius 1 is 1.31 bits per heavy atom. The minimum atomic E-state index is -0.386. The van der Waals surface area contributed by atoms with Crippen LogP contribution in [0, 0.1) is 0 Å². The molecular weight excluding hydrogens is 332 g/mol. The van der Waals surface area contributed by atoms with Gasteiger partial charge in [0.05, 0.1) is 30.6 Å². The first kappa shape index (κ1) is 16.5. The number of esters is 1. The van der Waals surface area contributed by atoms with Crippen molar-refractivity contribution >= 4 is 22.7 Å². The van der Waals surface area contributed by atoms with Crippen LogP contribution in [0.2, 0.25) is 0 Å². The first-order chi connectivity index (χ1) is 12.7. The van der Waals surface area contributed by atoms with Crippen molar-refractivity contribution < 1.29 is 9.53 Å². The van der Waals surface area contributed by atoms with Gasteiger partial charge in [-0.15, -0.1) is 0 Å². The van der Waals surface area contributed by atoms with Crippen molar-refractivity contribution in [3.63, 3.8) is 0 Å². The first-order valence-corrected chi connectivity index (χ1v) is 8.55. The van der Waals surface area contributed by atoms with Crippen molar-refractivity contribution in [3.8, 4) is 11.4 Å². The molecule has 0 bridgehead atoms. The topological polar surface area (TPSA) is 110 Å². The van der Waals surface area contributed by atoms with Crippen molar-refractivity contribution in [2.75, 3.05) is 25.1 Å². The Hall–Kier alpha value is -3.00. The van der Waals surface area contributed by atoms with E-state index in [1.54, 1.807) is 30.6 Å². The molecule has 2 aromatic heterocycles. The van der Waals surface area contributed by atoms with Crippen molar-refractivity contribution in [3.05, 3.63) is 36.2 Å². The highest BCUT2D eigenvalue weighted by molar-refractivity contribution is 5.99. The van der Waals surface area contributed by atoms with Crippen molar-refractivity contribution in [2.45, 2.75) is 18.9 Å². The number of nitrogens with one attached hydrogen (secondary N) is 1. The molecule has 1 saturated heterocycles. The fourth-order valence-corrected chi connectivity index (χ4v) is 3.20. The Labute approximate surface area is 150 Å². The molecule has 4 rings (SSSR count). The highest BCUT2D eigenvalue weighted by atomic mass is 16.5. The van der Waals surface area contributed by atoms with E-state index >= 15 is 0 Å². The Morgan fingerprint density at radius 3 is 2.88 bits per heavy atom. The van der Waals surface area contributed by atoms with E-state index in [2.05, 4.69) is 20.1 Å². The lowest BCUT2D eigenvalue weighted by Gasteiger charge is -2.30. The van der Waals surface area contributed by atoms with Crippen LogP contribution in [0.1, 0.15) is 23.2 Å². The van der Waals surface area contributed by atoms with Gasteiger partial charge in [-0.2, -0.15) is 5.10 Å². The molecule has 1 fully saturated rings. The van der Waals surface area contributed by atoms with E-state index in [0.717, 1.165) is 42.7 Å². The number of nitrogens with two attached hydrogens (primary N) is 1. The summed E-state index contributed by atoms with van der Waals surface area (Å²) in [6.07, 6.45) is 5.33. The van der Waals surface area contributed by atoms with E-state index in [1.165, 1.54) is 7.11 Å². The molecule has 0 aliphatic carbocycles. The van der Waals surface area contributed by atoms with Gasteiger partial charge in [0, 0.05) is 24.5 Å². The summed E-state index contributed by atoms with van der Waals surface area (Å²) in [4.78, 5) is 23.1. The third-order valence-electron chi connectivity index (χ3n) is 4.71. The number of H-pyrrole nitrogens is 1. The monoisotopic (exact) mass is 352 g/mol. The maximum absolute atomic E-state index is 11.8. The lowest BCUT2D eigenvalue weighted by molar-refractivity contribution is 0.0601. The highest BCUT2D eigenvalue weighted by Gasteiger charge is 2.19. The van der Waals surface area contributed by atoms with Gasteiger partial charge in [0.2, 0.25) is 0 Å². The number of aromatic nitrogens is 4. The van der Waals surface area contributed by atoms with Crippen LogP contribution in [-0.4, -0.2) is 52.4 Å². The number of fused-ring (bicyclic) bond motifs is 1. The van der Waals surface area contributed by atoms with E-state index in [9.17, 15) is 4.79 Å². The number of aromatic amines is 1. The second kappa shape index (κ2) is 6.72. The minimum absolute atomic E-state index is 0.259. The van der Waals surface area contributed by atoms with Gasteiger partial charge in [0.1, 0.15) is 17.2 Å². The predicted molar refractivity (Wildman–Crippen MR) is 97.9 cm³/mol. The summed E-state index contributed by atoms with van der Waals surface area (Å²) >= 11 is 0. The molecule has 3 heterocycles. The number of ether oxygens (including phenoxy) is 1. The molecule has 8 nitrogen and oxygen atoms in total. The average Bonchev–Trinajstić information content (AvgIpc) is 3.11. The molecule has 1 aromatic carbocycles. The van der Waals surface area contributed by atoms with E-state index in [1.807, 2.05) is 0 Å². The number of hydrogen-bond donors (Lipinski definition) is 2. The number of carbonyl (C=O) groups excluding carboxylic acids is 1. The van der Waals surface area contributed by atoms with Crippen LogP contribution in [0.4, 0.5) is 5.82 Å². The molecule has 8 heteroatoms. The summed E-state index contributed by atoms with van der Waals surface area (Å²) in [5.41, 5.74) is 8.59. The number of methoxy groups -OCH3 is 1. The quantitative estimate of drug-likeness (QED) is 0.691. The van der Waals surface area contributed by atoms with Gasteiger partial charge in [0.25, 0.3) is 0 Å². The fraction of sp³-hybridized carbons (Fsp3) is 0.333. The number of benzene rings is 1. The number of nitrogens with zero attached hydrogens (tertiary/aromatic N) is 4. The van der Waals surface area contributed by atoms with Gasteiger partial charge < -0.3 is 15.4 Å². The zero-order valence-corrected chi connectivity index (χ0v) is 14.5. The molecule has 1 aliphatic rings. The normalized spacial score (nSPS) is 15.4. The van der Waals surface area contributed by atoms with Crippen LogP contribution in [0.3, 0.4) is 0 Å². The van der Waals surface area contributed by atoms with Crippen LogP contribution in [0.15, 0.2) is 30.6 Å². The standard InChI is InChI=1S/C18H20N6O2/c1-26-18(25)11-2-3-14-13(8-11)17(23-22-14)15-9-20-10-16(21-15)24-6-4-12(19)5-7-24/h2-3,8-10,12H,4-7,19H2,1H3,(H,22,23). The maximum atomic E-state index is 11.8. The van der Waals surface area contributed by atoms with E-state index in [0.29, 0.717) is 17.0 Å². The molecule has 3 aromatic rings. The smallest absolute Gasteiger partial charge is 0.337 e. The summed E-state index contributed by atoms with van der Waals surface area (Å²) in [6, 6.07) is 5.53. The number of piperidine rings is 1. The van der Waals surface area contributed by atoms with Gasteiger partial charge in [-0.25, -0.2) is 9.78 Å². The summed E-state index contributed by atoms with van der Waals surface area (Å²) in [6.45, 7) is 1.74. The van der Waals surface area contributed by atoms with Gasteiger partial charge >= 0.3 is 5.97 Å². The summed E-state index contributed by atoms with van der Waals surface area (Å²) in [5.74, 6) is 0.429. The highest BCUT2D eigenvalue weighted by Crippen LogP contribution is 2.27. The van der Waals surface area contributed by atoms with Gasteiger partial charge in [0.15, 0.2) is 0 Å². The van der Waals surface area contributed by atoms with Crippen molar-refractivity contribution in [2.24, 2.45) is 5.73 Å². The van der Waals surface area contributed by atoms with Crippen LogP contribution >= 0.6 is 0 Å². The van der Waals surface area contributed by atoms with Crippen LogP contribution in [0.5, 0.6) is 0 Å². The van der Waals surface area contributed by atoms with E-state index < -0.39 is 0 Å². The van der Waals surface area contributed by atoms with Crippen molar-refractivity contribution in [1.82, 2.24) is 20.2 Å². The van der Waals surface area contributed by atoms with Crippen LogP contribution < -0.4 is 10.6 Å². The largest absolute Gasteiger partial charge is 0.465 e. The molecule has 3 N–H and O–H groups in total. The molecular formula is C18H20N6O2. The van der Waals surface area contributed by atoms with Crippen LogP contribution in [-0.2, 0) is 4.74 Å². The Bertz CT molecular complexity index is 946. The van der Waals surface area contributed by atoms with E-state index in [4.69, 9.17) is 15.5 Å². The third kappa shape index (κ3) is 2.99. The lowest BCUT2D eigenvalue weighted by Crippen LogP contribution is -2.40. The van der Waals surface area contributed by atoms with Gasteiger partial charge in [-0.3, -0.25) is 10.1 Å². The third-order valence-corrected chi connectivity index (χ3v) is 4.71. The predicted octanol–water partition coefficient (Wildman–Crippen LogP) is 1.73. The molecule has 0 atom stereocenters. The maximum Gasteiger partial charge on any atom is 0.337 e. The SMILES string of the molecule is COC(=O)c1ccc2[nH]nc(-c3cncc(N4CCC(N)CC4)n3)c2c1. The minimum Gasteiger partial charge on any atom is -0.465 e. The summed E-state index contributed by atoms with van der Waals surface area (Å²) in [5, 5.41) is 8.15. The van der Waals surface area contributed by atoms with E-state index in [-0.39, 0.29) is 12.0 Å². The Morgan fingerprint density at radius 2 is 2.12 bits per heavy atom. The zero-order valence-electron chi connectivity index (χ0n) is 14.5. The molecule has 134 valence electrons. The molecule has 1 aliphatic heterocycles. The molecule has 0 unspecified atom stereocenters. The Balaban J connectivity index is 1.71. The number of anilines is 1. The lowest BCUT2D eigenvalue weighted by atomic mass is 10.1.